The fourth-order valence-electron chi connectivity index (χ4n) is 1.97. The SMILES string of the molecule is NC(CCC(=O)O)C(=O)N(Cc1ccsc1)C1CC1. The maximum Gasteiger partial charge on any atom is 0.303 e. The summed E-state index contributed by atoms with van der Waals surface area (Å²) in [5.74, 6) is -1.05. The van der Waals surface area contributed by atoms with Crippen LogP contribution in [0.2, 0.25) is 0 Å². The van der Waals surface area contributed by atoms with Crippen molar-refractivity contribution >= 4 is 23.2 Å². The molecule has 1 aliphatic carbocycles. The number of rotatable bonds is 7. The van der Waals surface area contributed by atoms with Gasteiger partial charge >= 0.3 is 5.97 Å². The minimum Gasteiger partial charge on any atom is -0.481 e. The standard InChI is InChI=1S/C13H18N2O3S/c14-11(3-4-12(16)17)13(18)15(10-1-2-10)7-9-5-6-19-8-9/h5-6,8,10-11H,1-4,7,14H2,(H,16,17). The van der Waals surface area contributed by atoms with Gasteiger partial charge in [0.1, 0.15) is 0 Å². The third-order valence-electron chi connectivity index (χ3n) is 3.19. The lowest BCUT2D eigenvalue weighted by molar-refractivity contribution is -0.138. The van der Waals surface area contributed by atoms with Crippen molar-refractivity contribution in [3.8, 4) is 0 Å². The average molecular weight is 282 g/mol. The van der Waals surface area contributed by atoms with Crippen molar-refractivity contribution < 1.29 is 14.7 Å². The number of carbonyl (C=O) groups is 2. The lowest BCUT2D eigenvalue weighted by Crippen LogP contribution is -2.44. The second kappa shape index (κ2) is 6.16. The fourth-order valence-corrected chi connectivity index (χ4v) is 2.63. The van der Waals surface area contributed by atoms with Gasteiger partial charge in [-0.25, -0.2) is 0 Å². The van der Waals surface area contributed by atoms with Crippen LogP contribution in [0.5, 0.6) is 0 Å². The molecule has 1 atom stereocenters. The molecule has 0 spiro atoms. The Labute approximate surface area is 116 Å². The van der Waals surface area contributed by atoms with E-state index >= 15 is 0 Å². The number of nitrogens with two attached hydrogens (primary N) is 1. The van der Waals surface area contributed by atoms with Gasteiger partial charge in [-0.05, 0) is 41.7 Å². The van der Waals surface area contributed by atoms with Crippen LogP contribution in [0, 0.1) is 0 Å². The van der Waals surface area contributed by atoms with Crippen molar-refractivity contribution in [3.63, 3.8) is 0 Å². The van der Waals surface area contributed by atoms with Gasteiger partial charge < -0.3 is 15.7 Å². The summed E-state index contributed by atoms with van der Waals surface area (Å²) < 4.78 is 0. The number of carboxylic acid groups (broad SMARTS) is 1. The molecule has 0 bridgehead atoms. The average Bonchev–Trinajstić information content (AvgIpc) is 3.09. The zero-order chi connectivity index (χ0) is 13.8. The molecule has 5 nitrogen and oxygen atoms in total. The Balaban J connectivity index is 1.94. The smallest absolute Gasteiger partial charge is 0.303 e. The maximum absolute atomic E-state index is 12.3. The summed E-state index contributed by atoms with van der Waals surface area (Å²) in [7, 11) is 0. The number of carboxylic acids is 1. The van der Waals surface area contributed by atoms with E-state index in [1.54, 1.807) is 16.2 Å². The Hall–Kier alpha value is -1.40. The predicted octanol–water partition coefficient (Wildman–Crippen LogP) is 1.43. The molecular formula is C13H18N2O3S. The molecule has 19 heavy (non-hydrogen) atoms. The zero-order valence-electron chi connectivity index (χ0n) is 10.6. The first-order valence-electron chi connectivity index (χ1n) is 6.37. The van der Waals surface area contributed by atoms with Crippen molar-refractivity contribution in [1.29, 1.82) is 0 Å². The molecule has 1 aliphatic rings. The second-order valence-corrected chi connectivity index (χ2v) is 5.65. The van der Waals surface area contributed by atoms with Gasteiger partial charge in [-0.15, -0.1) is 0 Å². The Kier molecular flexibility index (Phi) is 4.55. The molecule has 0 aromatic carbocycles. The minimum atomic E-state index is -0.918. The summed E-state index contributed by atoms with van der Waals surface area (Å²) in [6, 6.07) is 1.56. The molecule has 1 amide bonds. The molecule has 0 aliphatic heterocycles. The van der Waals surface area contributed by atoms with Crippen LogP contribution in [0.25, 0.3) is 0 Å². The highest BCUT2D eigenvalue weighted by Crippen LogP contribution is 2.29. The van der Waals surface area contributed by atoms with E-state index in [1.165, 1.54) is 0 Å². The molecule has 104 valence electrons. The van der Waals surface area contributed by atoms with Crippen molar-refractivity contribution in [2.75, 3.05) is 0 Å². The van der Waals surface area contributed by atoms with Crippen LogP contribution in [-0.2, 0) is 16.1 Å². The van der Waals surface area contributed by atoms with E-state index in [0.29, 0.717) is 6.54 Å². The van der Waals surface area contributed by atoms with Crippen LogP contribution < -0.4 is 5.73 Å². The molecule has 1 aromatic heterocycles. The number of thiophene rings is 1. The van der Waals surface area contributed by atoms with Crippen molar-refractivity contribution in [2.24, 2.45) is 5.73 Å². The summed E-state index contributed by atoms with van der Waals surface area (Å²) in [5.41, 5.74) is 6.92. The molecule has 1 unspecified atom stereocenters. The predicted molar refractivity (Wildman–Crippen MR) is 72.7 cm³/mol. The third kappa shape index (κ3) is 4.04. The normalized spacial score (nSPS) is 16.1. The van der Waals surface area contributed by atoms with Crippen LogP contribution in [0.4, 0.5) is 0 Å². The molecule has 2 rings (SSSR count). The molecule has 0 radical (unpaired) electrons. The van der Waals surface area contributed by atoms with Gasteiger partial charge in [0.05, 0.1) is 6.04 Å². The number of hydrogen-bond donors (Lipinski definition) is 2. The van der Waals surface area contributed by atoms with Crippen molar-refractivity contribution in [1.82, 2.24) is 4.90 Å². The van der Waals surface area contributed by atoms with Gasteiger partial charge in [0.2, 0.25) is 5.91 Å². The van der Waals surface area contributed by atoms with Crippen molar-refractivity contribution in [3.05, 3.63) is 22.4 Å². The summed E-state index contributed by atoms with van der Waals surface area (Å²) in [4.78, 5) is 24.6. The van der Waals surface area contributed by atoms with Crippen LogP contribution in [0.1, 0.15) is 31.2 Å². The first-order chi connectivity index (χ1) is 9.08. The Morgan fingerprint density at radius 2 is 2.26 bits per heavy atom. The Morgan fingerprint density at radius 3 is 2.79 bits per heavy atom. The van der Waals surface area contributed by atoms with E-state index < -0.39 is 12.0 Å². The second-order valence-electron chi connectivity index (χ2n) is 4.87. The zero-order valence-corrected chi connectivity index (χ0v) is 11.4. The number of hydrogen-bond acceptors (Lipinski definition) is 4. The van der Waals surface area contributed by atoms with Gasteiger partial charge in [-0.3, -0.25) is 9.59 Å². The first-order valence-corrected chi connectivity index (χ1v) is 7.31. The molecule has 3 N–H and O–H groups in total. The fraction of sp³-hybridized carbons (Fsp3) is 0.538. The molecule has 1 aromatic rings. The molecular weight excluding hydrogens is 264 g/mol. The summed E-state index contributed by atoms with van der Waals surface area (Å²) in [6.45, 7) is 0.577. The van der Waals surface area contributed by atoms with E-state index in [0.717, 1.165) is 18.4 Å². The summed E-state index contributed by atoms with van der Waals surface area (Å²) in [6.07, 6.45) is 2.16. The Bertz CT molecular complexity index is 443. The van der Waals surface area contributed by atoms with Gasteiger partial charge in [0, 0.05) is 19.0 Å². The summed E-state index contributed by atoms with van der Waals surface area (Å²) >= 11 is 1.60. The van der Waals surface area contributed by atoms with E-state index in [2.05, 4.69) is 0 Å². The van der Waals surface area contributed by atoms with E-state index in [4.69, 9.17) is 10.8 Å². The molecule has 1 saturated carbocycles. The number of aliphatic carboxylic acids is 1. The summed E-state index contributed by atoms with van der Waals surface area (Å²) in [5, 5.41) is 12.6. The lowest BCUT2D eigenvalue weighted by Gasteiger charge is -2.25. The Morgan fingerprint density at radius 1 is 1.53 bits per heavy atom. The minimum absolute atomic E-state index is 0.0656. The van der Waals surface area contributed by atoms with E-state index in [-0.39, 0.29) is 24.8 Å². The molecule has 1 heterocycles. The number of carbonyl (C=O) groups excluding carboxylic acids is 1. The van der Waals surface area contributed by atoms with Gasteiger partial charge in [0.25, 0.3) is 0 Å². The maximum atomic E-state index is 12.3. The molecule has 6 heteroatoms. The number of nitrogens with zero attached hydrogens (tertiary/aromatic N) is 1. The monoisotopic (exact) mass is 282 g/mol. The lowest BCUT2D eigenvalue weighted by atomic mass is 10.1. The van der Waals surface area contributed by atoms with Crippen LogP contribution in [0.15, 0.2) is 16.8 Å². The molecule has 0 saturated heterocycles. The molecule has 1 fully saturated rings. The highest BCUT2D eigenvalue weighted by molar-refractivity contribution is 7.07. The highest BCUT2D eigenvalue weighted by Gasteiger charge is 2.34. The van der Waals surface area contributed by atoms with Crippen molar-refractivity contribution in [2.45, 2.75) is 44.3 Å². The van der Waals surface area contributed by atoms with Crippen LogP contribution in [-0.4, -0.2) is 34.0 Å². The topological polar surface area (TPSA) is 83.6 Å². The third-order valence-corrected chi connectivity index (χ3v) is 3.92. The van der Waals surface area contributed by atoms with E-state index in [9.17, 15) is 9.59 Å². The quantitative estimate of drug-likeness (QED) is 0.792. The van der Waals surface area contributed by atoms with Crippen LogP contribution in [0.3, 0.4) is 0 Å². The van der Waals surface area contributed by atoms with Crippen LogP contribution >= 0.6 is 11.3 Å². The van der Waals surface area contributed by atoms with Gasteiger partial charge in [0.15, 0.2) is 0 Å². The van der Waals surface area contributed by atoms with Gasteiger partial charge in [-0.2, -0.15) is 11.3 Å². The first kappa shape index (κ1) is 14.0. The number of amides is 1. The van der Waals surface area contributed by atoms with Gasteiger partial charge in [-0.1, -0.05) is 0 Å². The highest BCUT2D eigenvalue weighted by atomic mass is 32.1. The largest absolute Gasteiger partial charge is 0.481 e. The van der Waals surface area contributed by atoms with E-state index in [1.807, 2.05) is 16.8 Å².